The maximum Gasteiger partial charge on any atom is 0.258 e. The van der Waals surface area contributed by atoms with Crippen LogP contribution in [-0.2, 0) is 0 Å². The van der Waals surface area contributed by atoms with Crippen LogP contribution in [0.2, 0.25) is 0 Å². The number of hydrogen-bond donors (Lipinski definition) is 0. The van der Waals surface area contributed by atoms with E-state index in [9.17, 15) is 9.18 Å². The maximum absolute atomic E-state index is 13.3. The summed E-state index contributed by atoms with van der Waals surface area (Å²) in [5, 5.41) is 0. The molecule has 126 valence electrons. The smallest absolute Gasteiger partial charge is 0.258 e. The number of anilines is 2. The quantitative estimate of drug-likeness (QED) is 0.858. The normalized spacial score (nSPS) is 13.2. The summed E-state index contributed by atoms with van der Waals surface area (Å²) in [5.41, 5.74) is 2.30. The van der Waals surface area contributed by atoms with E-state index in [0.29, 0.717) is 30.2 Å². The molecular weight excluding hydrogens is 307 g/mol. The molecular formula is C19H21FN2O2. The lowest BCUT2D eigenvalue weighted by Crippen LogP contribution is -2.38. The van der Waals surface area contributed by atoms with Crippen LogP contribution >= 0.6 is 0 Å². The van der Waals surface area contributed by atoms with E-state index in [1.165, 1.54) is 12.1 Å². The van der Waals surface area contributed by atoms with Gasteiger partial charge in [0.15, 0.2) is 0 Å². The average molecular weight is 328 g/mol. The number of rotatable bonds is 4. The van der Waals surface area contributed by atoms with E-state index in [1.807, 2.05) is 31.3 Å². The fourth-order valence-corrected chi connectivity index (χ4v) is 2.88. The minimum Gasteiger partial charge on any atom is -0.489 e. The molecule has 0 atom stereocenters. The molecule has 0 N–H and O–H groups in total. The van der Waals surface area contributed by atoms with E-state index >= 15 is 0 Å². The van der Waals surface area contributed by atoms with E-state index < -0.39 is 0 Å². The molecule has 0 bridgehead atoms. The minimum atomic E-state index is -0.369. The number of fused-ring (bicyclic) bond motifs is 1. The second-order valence-corrected chi connectivity index (χ2v) is 5.89. The number of amides is 1. The van der Waals surface area contributed by atoms with Crippen LogP contribution in [0.25, 0.3) is 0 Å². The highest BCUT2D eigenvalue weighted by molar-refractivity contribution is 6.07. The lowest BCUT2D eigenvalue weighted by Gasteiger charge is -2.29. The van der Waals surface area contributed by atoms with E-state index in [4.69, 9.17) is 4.74 Å². The van der Waals surface area contributed by atoms with Crippen LogP contribution in [-0.4, -0.2) is 32.7 Å². The van der Waals surface area contributed by atoms with Gasteiger partial charge in [0.05, 0.1) is 12.2 Å². The predicted molar refractivity (Wildman–Crippen MR) is 93.6 cm³/mol. The summed E-state index contributed by atoms with van der Waals surface area (Å²) in [6.45, 7) is 3.91. The lowest BCUT2D eigenvalue weighted by atomic mass is 10.1. The Labute approximate surface area is 141 Å². The van der Waals surface area contributed by atoms with Gasteiger partial charge in [-0.3, -0.25) is 4.79 Å². The molecule has 2 aromatic carbocycles. The first kappa shape index (κ1) is 16.3. The third-order valence-corrected chi connectivity index (χ3v) is 4.14. The molecule has 2 aromatic rings. The number of ether oxygens (including phenoxy) is 1. The summed E-state index contributed by atoms with van der Waals surface area (Å²) in [6.07, 6.45) is 1.07. The summed E-state index contributed by atoms with van der Waals surface area (Å²) in [4.78, 5) is 16.6. The van der Waals surface area contributed by atoms with Gasteiger partial charge < -0.3 is 14.5 Å². The van der Waals surface area contributed by atoms with Crippen LogP contribution in [0.4, 0.5) is 15.8 Å². The van der Waals surface area contributed by atoms with Crippen molar-refractivity contribution in [1.82, 2.24) is 0 Å². The number of benzene rings is 2. The molecule has 0 aliphatic carbocycles. The van der Waals surface area contributed by atoms with Crippen molar-refractivity contribution >= 4 is 17.3 Å². The first-order valence-electron chi connectivity index (χ1n) is 8.15. The van der Waals surface area contributed by atoms with E-state index in [2.05, 4.69) is 11.8 Å². The number of halogens is 1. The van der Waals surface area contributed by atoms with Crippen LogP contribution in [0, 0.1) is 5.82 Å². The number of nitrogens with zero attached hydrogens (tertiary/aromatic N) is 2. The molecule has 0 fully saturated rings. The SMILES string of the molecule is CCCN(C)c1ccc(C(=O)N2CCOc3cc(F)ccc32)cc1. The molecule has 0 radical (unpaired) electrons. The number of carbonyl (C=O) groups excluding carboxylic acids is 1. The van der Waals surface area contributed by atoms with Gasteiger partial charge in [-0.2, -0.15) is 0 Å². The van der Waals surface area contributed by atoms with Crippen molar-refractivity contribution < 1.29 is 13.9 Å². The first-order valence-corrected chi connectivity index (χ1v) is 8.15. The van der Waals surface area contributed by atoms with Crippen LogP contribution in [0.15, 0.2) is 42.5 Å². The topological polar surface area (TPSA) is 32.8 Å². The summed E-state index contributed by atoms with van der Waals surface area (Å²) in [6, 6.07) is 11.8. The van der Waals surface area contributed by atoms with Crippen molar-refractivity contribution in [3.63, 3.8) is 0 Å². The van der Waals surface area contributed by atoms with Gasteiger partial charge in [0, 0.05) is 30.9 Å². The van der Waals surface area contributed by atoms with Gasteiger partial charge in [-0.15, -0.1) is 0 Å². The fraction of sp³-hybridized carbons (Fsp3) is 0.316. The lowest BCUT2D eigenvalue weighted by molar-refractivity contribution is 0.0976. The molecule has 1 heterocycles. The monoisotopic (exact) mass is 328 g/mol. The molecule has 0 unspecified atom stereocenters. The molecule has 4 nitrogen and oxygen atoms in total. The van der Waals surface area contributed by atoms with Crippen molar-refractivity contribution in [2.45, 2.75) is 13.3 Å². The van der Waals surface area contributed by atoms with Crippen LogP contribution < -0.4 is 14.5 Å². The molecule has 1 aliphatic heterocycles. The highest BCUT2D eigenvalue weighted by atomic mass is 19.1. The fourth-order valence-electron chi connectivity index (χ4n) is 2.88. The maximum atomic E-state index is 13.3. The molecule has 24 heavy (non-hydrogen) atoms. The summed E-state index contributed by atoms with van der Waals surface area (Å²) in [5.74, 6) is -0.0592. The summed E-state index contributed by atoms with van der Waals surface area (Å²) in [7, 11) is 2.03. The van der Waals surface area contributed by atoms with Crippen molar-refractivity contribution in [3.8, 4) is 5.75 Å². The molecule has 0 aromatic heterocycles. The third-order valence-electron chi connectivity index (χ3n) is 4.14. The molecule has 0 saturated carbocycles. The number of hydrogen-bond acceptors (Lipinski definition) is 3. The Balaban J connectivity index is 1.83. The Hall–Kier alpha value is -2.56. The molecule has 0 spiro atoms. The largest absolute Gasteiger partial charge is 0.489 e. The van der Waals surface area contributed by atoms with Gasteiger partial charge in [0.1, 0.15) is 18.2 Å². The van der Waals surface area contributed by atoms with E-state index in [-0.39, 0.29) is 11.7 Å². The predicted octanol–water partition coefficient (Wildman–Crippen LogP) is 3.71. The van der Waals surface area contributed by atoms with Crippen molar-refractivity contribution in [3.05, 3.63) is 53.8 Å². The Morgan fingerprint density at radius 3 is 2.71 bits per heavy atom. The van der Waals surface area contributed by atoms with Crippen molar-refractivity contribution in [2.75, 3.05) is 36.5 Å². The van der Waals surface area contributed by atoms with Crippen LogP contribution in [0.1, 0.15) is 23.7 Å². The molecule has 3 rings (SSSR count). The highest BCUT2D eigenvalue weighted by Crippen LogP contribution is 2.33. The zero-order valence-electron chi connectivity index (χ0n) is 14.0. The van der Waals surface area contributed by atoms with Gasteiger partial charge in [-0.25, -0.2) is 4.39 Å². The Bertz CT molecular complexity index is 731. The Morgan fingerprint density at radius 2 is 2.00 bits per heavy atom. The third kappa shape index (κ3) is 3.20. The second-order valence-electron chi connectivity index (χ2n) is 5.89. The minimum absolute atomic E-state index is 0.101. The van der Waals surface area contributed by atoms with Gasteiger partial charge in [0.25, 0.3) is 5.91 Å². The van der Waals surface area contributed by atoms with Crippen LogP contribution in [0.3, 0.4) is 0 Å². The molecule has 1 aliphatic rings. The standard InChI is InChI=1S/C19H21FN2O2/c1-3-10-21(2)16-7-4-14(5-8-16)19(23)22-11-12-24-18-13-15(20)6-9-17(18)22/h4-9,13H,3,10-12H2,1-2H3. The van der Waals surface area contributed by atoms with Gasteiger partial charge >= 0.3 is 0 Å². The average Bonchev–Trinajstić information content (AvgIpc) is 2.60. The van der Waals surface area contributed by atoms with E-state index in [1.54, 1.807) is 11.0 Å². The first-order chi connectivity index (χ1) is 11.6. The molecule has 5 heteroatoms. The highest BCUT2D eigenvalue weighted by Gasteiger charge is 2.25. The Morgan fingerprint density at radius 1 is 1.25 bits per heavy atom. The van der Waals surface area contributed by atoms with Gasteiger partial charge in [-0.05, 0) is 42.8 Å². The van der Waals surface area contributed by atoms with Gasteiger partial charge in [0.2, 0.25) is 0 Å². The zero-order chi connectivity index (χ0) is 17.1. The van der Waals surface area contributed by atoms with Crippen LogP contribution in [0.5, 0.6) is 5.75 Å². The number of carbonyl (C=O) groups is 1. The van der Waals surface area contributed by atoms with Crippen molar-refractivity contribution in [2.24, 2.45) is 0 Å². The second kappa shape index (κ2) is 6.91. The summed E-state index contributed by atoms with van der Waals surface area (Å²) >= 11 is 0. The van der Waals surface area contributed by atoms with Crippen molar-refractivity contribution in [1.29, 1.82) is 0 Å². The summed E-state index contributed by atoms with van der Waals surface area (Å²) < 4.78 is 18.8. The molecule has 0 saturated heterocycles. The van der Waals surface area contributed by atoms with E-state index in [0.717, 1.165) is 18.7 Å². The molecule has 1 amide bonds. The zero-order valence-corrected chi connectivity index (χ0v) is 14.0. The Kier molecular flexibility index (Phi) is 4.69. The van der Waals surface area contributed by atoms with Gasteiger partial charge in [-0.1, -0.05) is 6.92 Å².